The van der Waals surface area contributed by atoms with Crippen LogP contribution in [0.15, 0.2) is 12.3 Å². The molecule has 0 bridgehead atoms. The van der Waals surface area contributed by atoms with Gasteiger partial charge >= 0.3 is 5.97 Å². The van der Waals surface area contributed by atoms with Gasteiger partial charge in [-0.2, -0.15) is 10.4 Å². The van der Waals surface area contributed by atoms with E-state index in [-0.39, 0.29) is 16.9 Å². The van der Waals surface area contributed by atoms with Crippen LogP contribution in [0.3, 0.4) is 0 Å². The smallest absolute Gasteiger partial charge is 0.337 e. The van der Waals surface area contributed by atoms with Gasteiger partial charge in [0.15, 0.2) is 0 Å². The first-order chi connectivity index (χ1) is 12.8. The van der Waals surface area contributed by atoms with E-state index in [9.17, 15) is 15.2 Å². The average molecular weight is 364 g/mol. The topological polar surface area (TPSA) is 134 Å². The molecule has 0 fully saturated rings. The minimum absolute atomic E-state index is 0.0946. The highest BCUT2D eigenvalue weighted by Gasteiger charge is 2.22. The van der Waals surface area contributed by atoms with E-state index < -0.39 is 5.97 Å². The summed E-state index contributed by atoms with van der Waals surface area (Å²) in [5.41, 5.74) is 11.1. The van der Waals surface area contributed by atoms with Gasteiger partial charge in [0.1, 0.15) is 17.5 Å². The number of aromatic amines is 1. The normalized spacial score (nSPS) is 10.8. The number of hydrogen-bond acceptors (Lipinski definition) is 5. The number of carboxylic acids is 1. The van der Waals surface area contributed by atoms with E-state index in [1.165, 1.54) is 0 Å². The number of carbonyl (C=O) groups is 1. The first kappa shape index (κ1) is 18.2. The van der Waals surface area contributed by atoms with Gasteiger partial charge in [0.25, 0.3) is 0 Å². The minimum Gasteiger partial charge on any atom is -0.478 e. The molecule has 0 aliphatic rings. The summed E-state index contributed by atoms with van der Waals surface area (Å²) in [7, 11) is 0. The molecule has 138 valence electrons. The van der Waals surface area contributed by atoms with Crippen molar-refractivity contribution in [2.75, 3.05) is 5.73 Å². The van der Waals surface area contributed by atoms with Crippen molar-refractivity contribution in [3.63, 3.8) is 0 Å². The van der Waals surface area contributed by atoms with E-state index in [1.54, 1.807) is 26.1 Å². The molecule has 0 aliphatic carbocycles. The number of nitrogens with zero attached hydrogens (tertiary/aromatic N) is 4. The molecule has 3 aromatic rings. The van der Waals surface area contributed by atoms with Gasteiger partial charge in [-0.05, 0) is 39.3 Å². The Kier molecular flexibility index (Phi) is 4.45. The van der Waals surface area contributed by atoms with Crippen LogP contribution in [-0.2, 0) is 6.54 Å². The number of aromatic carboxylic acids is 1. The maximum Gasteiger partial charge on any atom is 0.337 e. The number of pyridine rings is 1. The van der Waals surface area contributed by atoms with Crippen LogP contribution < -0.4 is 5.73 Å². The van der Waals surface area contributed by atoms with Crippen LogP contribution in [0.5, 0.6) is 0 Å². The third kappa shape index (κ3) is 2.83. The Hall–Kier alpha value is -3.60. The Morgan fingerprint density at radius 1 is 1.37 bits per heavy atom. The predicted molar refractivity (Wildman–Crippen MR) is 101 cm³/mol. The third-order valence-electron chi connectivity index (χ3n) is 4.76. The van der Waals surface area contributed by atoms with Gasteiger partial charge in [-0.3, -0.25) is 4.68 Å². The molecule has 0 saturated heterocycles. The van der Waals surface area contributed by atoms with Crippen molar-refractivity contribution < 1.29 is 9.90 Å². The number of nitrogens with one attached hydrogen (secondary N) is 1. The molecule has 0 atom stereocenters. The maximum atomic E-state index is 11.5. The fraction of sp³-hybridized carbons (Fsp3) is 0.263. The van der Waals surface area contributed by atoms with Gasteiger partial charge in [0, 0.05) is 29.1 Å². The second-order valence-corrected chi connectivity index (χ2v) is 6.32. The molecule has 0 spiro atoms. The van der Waals surface area contributed by atoms with Crippen molar-refractivity contribution in [2.45, 2.75) is 34.2 Å². The lowest BCUT2D eigenvalue weighted by atomic mass is 9.99. The largest absolute Gasteiger partial charge is 0.478 e. The third-order valence-corrected chi connectivity index (χ3v) is 4.76. The summed E-state index contributed by atoms with van der Waals surface area (Å²) in [6.45, 7) is 8.04. The summed E-state index contributed by atoms with van der Waals surface area (Å²) < 4.78 is 1.83. The Bertz CT molecular complexity index is 1100. The van der Waals surface area contributed by atoms with Crippen LogP contribution in [0.2, 0.25) is 0 Å². The molecular weight excluding hydrogens is 344 g/mol. The molecule has 4 N–H and O–H groups in total. The minimum atomic E-state index is -1.01. The molecule has 3 rings (SSSR count). The lowest BCUT2D eigenvalue weighted by Crippen LogP contribution is -2.02. The van der Waals surface area contributed by atoms with E-state index in [0.717, 1.165) is 11.3 Å². The Morgan fingerprint density at radius 3 is 2.59 bits per heavy atom. The monoisotopic (exact) mass is 364 g/mol. The van der Waals surface area contributed by atoms with E-state index in [1.807, 2.05) is 18.5 Å². The zero-order chi connectivity index (χ0) is 19.9. The van der Waals surface area contributed by atoms with Crippen molar-refractivity contribution in [1.82, 2.24) is 19.7 Å². The van der Waals surface area contributed by atoms with Crippen LogP contribution in [0.1, 0.15) is 39.8 Å². The number of carboxylic acid groups (broad SMARTS) is 1. The zero-order valence-electron chi connectivity index (χ0n) is 15.6. The number of anilines is 1. The van der Waals surface area contributed by atoms with Crippen molar-refractivity contribution in [3.05, 3.63) is 40.3 Å². The SMILES string of the molecule is CCn1ncc(-c2cc(-c3[nH]c(C)c(C(=O)O)c3C)nc(N)c2C#N)c1C. The number of nitriles is 1. The number of rotatable bonds is 4. The van der Waals surface area contributed by atoms with Gasteiger partial charge in [-0.1, -0.05) is 0 Å². The molecule has 0 saturated carbocycles. The van der Waals surface area contributed by atoms with Crippen LogP contribution in [-0.4, -0.2) is 30.8 Å². The average Bonchev–Trinajstić information content (AvgIpc) is 3.13. The number of aryl methyl sites for hydroxylation is 2. The molecule has 8 nitrogen and oxygen atoms in total. The van der Waals surface area contributed by atoms with E-state index in [0.29, 0.717) is 34.8 Å². The molecular formula is C19H20N6O2. The fourth-order valence-corrected chi connectivity index (χ4v) is 3.38. The highest BCUT2D eigenvalue weighted by molar-refractivity contribution is 5.93. The maximum absolute atomic E-state index is 11.5. The summed E-state index contributed by atoms with van der Waals surface area (Å²) in [5, 5.41) is 23.3. The van der Waals surface area contributed by atoms with Crippen molar-refractivity contribution >= 4 is 11.8 Å². The van der Waals surface area contributed by atoms with Gasteiger partial charge < -0.3 is 15.8 Å². The highest BCUT2D eigenvalue weighted by atomic mass is 16.4. The molecule has 0 aliphatic heterocycles. The molecule has 8 heteroatoms. The Balaban J connectivity index is 2.28. The molecule has 0 unspecified atom stereocenters. The number of hydrogen-bond donors (Lipinski definition) is 3. The first-order valence-electron chi connectivity index (χ1n) is 8.46. The zero-order valence-corrected chi connectivity index (χ0v) is 15.6. The van der Waals surface area contributed by atoms with Crippen molar-refractivity contribution in [1.29, 1.82) is 5.26 Å². The number of nitrogens with two attached hydrogens (primary N) is 1. The number of H-pyrrole nitrogens is 1. The van der Waals surface area contributed by atoms with Crippen molar-refractivity contribution in [3.8, 4) is 28.6 Å². The summed E-state index contributed by atoms with van der Waals surface area (Å²) in [6, 6.07) is 3.87. The van der Waals surface area contributed by atoms with E-state index in [4.69, 9.17) is 5.73 Å². The summed E-state index contributed by atoms with van der Waals surface area (Å²) >= 11 is 0. The van der Waals surface area contributed by atoms with Gasteiger partial charge in [-0.25, -0.2) is 9.78 Å². The number of nitrogen functional groups attached to an aromatic ring is 1. The van der Waals surface area contributed by atoms with Crippen molar-refractivity contribution in [2.24, 2.45) is 0 Å². The molecule has 0 amide bonds. The summed E-state index contributed by atoms with van der Waals surface area (Å²) in [5.74, 6) is -0.911. The predicted octanol–water partition coefficient (Wildman–Crippen LogP) is 3.04. The lowest BCUT2D eigenvalue weighted by Gasteiger charge is -2.10. The van der Waals surface area contributed by atoms with Crippen LogP contribution in [0.25, 0.3) is 22.5 Å². The number of aromatic nitrogens is 4. The molecule has 0 radical (unpaired) electrons. The van der Waals surface area contributed by atoms with E-state index in [2.05, 4.69) is 21.1 Å². The molecule has 0 aromatic carbocycles. The van der Waals surface area contributed by atoms with Gasteiger partial charge in [0.05, 0.1) is 23.1 Å². The highest BCUT2D eigenvalue weighted by Crippen LogP contribution is 2.34. The van der Waals surface area contributed by atoms with Gasteiger partial charge in [-0.15, -0.1) is 0 Å². The summed E-state index contributed by atoms with van der Waals surface area (Å²) in [4.78, 5) is 18.9. The van der Waals surface area contributed by atoms with E-state index >= 15 is 0 Å². The van der Waals surface area contributed by atoms with Crippen LogP contribution >= 0.6 is 0 Å². The Labute approximate surface area is 156 Å². The second-order valence-electron chi connectivity index (χ2n) is 6.32. The Morgan fingerprint density at radius 2 is 2.07 bits per heavy atom. The van der Waals surface area contributed by atoms with Crippen LogP contribution in [0, 0.1) is 32.1 Å². The summed E-state index contributed by atoms with van der Waals surface area (Å²) in [6.07, 6.45) is 1.70. The first-order valence-corrected chi connectivity index (χ1v) is 8.46. The molecule has 3 aromatic heterocycles. The lowest BCUT2D eigenvalue weighted by molar-refractivity contribution is 0.0695. The standard InChI is InChI=1S/C19H20N6O2/c1-5-25-11(4)14(8-22-25)12-6-15(24-18(21)13(12)7-20)17-9(2)16(19(26)27)10(3)23-17/h6,8,23H,5H2,1-4H3,(H2,21,24)(H,26,27). The quantitative estimate of drug-likeness (QED) is 0.651. The molecule has 3 heterocycles. The van der Waals surface area contributed by atoms with Crippen LogP contribution in [0.4, 0.5) is 5.82 Å². The molecule has 27 heavy (non-hydrogen) atoms. The fourth-order valence-electron chi connectivity index (χ4n) is 3.38. The second kappa shape index (κ2) is 6.61. The van der Waals surface area contributed by atoms with Gasteiger partial charge in [0.2, 0.25) is 0 Å².